The number of piperidine rings is 1. The second kappa shape index (κ2) is 6.97. The van der Waals surface area contributed by atoms with Crippen LogP contribution in [0, 0.1) is 5.92 Å². The van der Waals surface area contributed by atoms with E-state index < -0.39 is 0 Å². The molecule has 1 atom stereocenters. The first kappa shape index (κ1) is 14.5. The van der Waals surface area contributed by atoms with E-state index in [0.29, 0.717) is 18.4 Å². The molecule has 0 saturated carbocycles. The third-order valence-electron chi connectivity index (χ3n) is 3.74. The molecule has 0 bridgehead atoms. The van der Waals surface area contributed by atoms with Gasteiger partial charge in [-0.3, -0.25) is 4.79 Å². The SMILES string of the molecule is CC(N)C1CCN(CCCC(=O)N(C)C)CC1. The van der Waals surface area contributed by atoms with E-state index in [4.69, 9.17) is 5.73 Å². The van der Waals surface area contributed by atoms with Crippen molar-refractivity contribution in [1.29, 1.82) is 0 Å². The maximum Gasteiger partial charge on any atom is 0.222 e. The number of likely N-dealkylation sites (tertiary alicyclic amines) is 1. The molecule has 0 aromatic carbocycles. The molecule has 0 aromatic heterocycles. The largest absolute Gasteiger partial charge is 0.349 e. The number of hydrogen-bond acceptors (Lipinski definition) is 3. The highest BCUT2D eigenvalue weighted by atomic mass is 16.2. The average molecular weight is 241 g/mol. The lowest BCUT2D eigenvalue weighted by Crippen LogP contribution is -2.40. The Hall–Kier alpha value is -0.610. The Kier molecular flexibility index (Phi) is 5.92. The number of hydrogen-bond donors (Lipinski definition) is 1. The molecule has 1 aliphatic heterocycles. The van der Waals surface area contributed by atoms with E-state index in [1.165, 1.54) is 12.8 Å². The minimum Gasteiger partial charge on any atom is -0.349 e. The Labute approximate surface area is 105 Å². The van der Waals surface area contributed by atoms with Crippen molar-refractivity contribution >= 4 is 5.91 Å². The summed E-state index contributed by atoms with van der Waals surface area (Å²) < 4.78 is 0. The molecule has 1 amide bonds. The fraction of sp³-hybridized carbons (Fsp3) is 0.923. The van der Waals surface area contributed by atoms with Crippen molar-refractivity contribution in [3.05, 3.63) is 0 Å². The molecule has 0 spiro atoms. The number of carbonyl (C=O) groups is 1. The summed E-state index contributed by atoms with van der Waals surface area (Å²) in [4.78, 5) is 15.5. The summed E-state index contributed by atoms with van der Waals surface area (Å²) in [5.41, 5.74) is 5.92. The fourth-order valence-electron chi connectivity index (χ4n) is 2.38. The first-order valence-corrected chi connectivity index (χ1v) is 6.68. The van der Waals surface area contributed by atoms with Crippen molar-refractivity contribution in [1.82, 2.24) is 9.80 Å². The summed E-state index contributed by atoms with van der Waals surface area (Å²) in [6.45, 7) is 5.44. The molecule has 0 aromatic rings. The van der Waals surface area contributed by atoms with Crippen LogP contribution in [0.25, 0.3) is 0 Å². The zero-order chi connectivity index (χ0) is 12.8. The summed E-state index contributed by atoms with van der Waals surface area (Å²) in [6, 6.07) is 0.326. The fourth-order valence-corrected chi connectivity index (χ4v) is 2.38. The van der Waals surface area contributed by atoms with E-state index in [-0.39, 0.29) is 5.91 Å². The number of nitrogens with zero attached hydrogens (tertiary/aromatic N) is 2. The van der Waals surface area contributed by atoms with Crippen LogP contribution < -0.4 is 5.73 Å². The summed E-state index contributed by atoms with van der Waals surface area (Å²) in [6.07, 6.45) is 4.05. The molecule has 0 aliphatic carbocycles. The van der Waals surface area contributed by atoms with Crippen molar-refractivity contribution in [3.8, 4) is 0 Å². The first-order chi connectivity index (χ1) is 8.00. The van der Waals surface area contributed by atoms with Crippen LogP contribution in [0.1, 0.15) is 32.6 Å². The topological polar surface area (TPSA) is 49.6 Å². The Balaban J connectivity index is 2.12. The van der Waals surface area contributed by atoms with E-state index in [9.17, 15) is 4.79 Å². The van der Waals surface area contributed by atoms with Gasteiger partial charge in [0.2, 0.25) is 5.91 Å². The van der Waals surface area contributed by atoms with Gasteiger partial charge in [-0.2, -0.15) is 0 Å². The lowest BCUT2D eigenvalue weighted by Gasteiger charge is -2.33. The minimum absolute atomic E-state index is 0.232. The second-order valence-corrected chi connectivity index (χ2v) is 5.43. The van der Waals surface area contributed by atoms with Crippen LogP contribution in [-0.2, 0) is 4.79 Å². The molecular formula is C13H27N3O. The molecule has 1 heterocycles. The molecule has 17 heavy (non-hydrogen) atoms. The van der Waals surface area contributed by atoms with E-state index in [0.717, 1.165) is 26.1 Å². The number of rotatable bonds is 5. The number of nitrogens with two attached hydrogens (primary N) is 1. The smallest absolute Gasteiger partial charge is 0.222 e. The summed E-state index contributed by atoms with van der Waals surface area (Å²) in [5, 5.41) is 0. The Bertz CT molecular complexity index is 233. The Morgan fingerprint density at radius 1 is 1.41 bits per heavy atom. The average Bonchev–Trinajstić information content (AvgIpc) is 2.29. The van der Waals surface area contributed by atoms with Crippen LogP contribution in [0.4, 0.5) is 0 Å². The quantitative estimate of drug-likeness (QED) is 0.778. The van der Waals surface area contributed by atoms with Gasteiger partial charge < -0.3 is 15.5 Å². The van der Waals surface area contributed by atoms with Crippen molar-refractivity contribution < 1.29 is 4.79 Å². The van der Waals surface area contributed by atoms with E-state index in [1.54, 1.807) is 4.90 Å². The van der Waals surface area contributed by atoms with E-state index in [2.05, 4.69) is 11.8 Å². The maximum absolute atomic E-state index is 11.4. The molecule has 2 N–H and O–H groups in total. The predicted molar refractivity (Wildman–Crippen MR) is 70.7 cm³/mol. The molecule has 4 heteroatoms. The standard InChI is InChI=1S/C13H27N3O/c1-11(14)12-6-9-16(10-7-12)8-4-5-13(17)15(2)3/h11-12H,4-10,14H2,1-3H3. The molecule has 100 valence electrons. The van der Waals surface area contributed by atoms with E-state index in [1.807, 2.05) is 14.1 Å². The van der Waals surface area contributed by atoms with Gasteiger partial charge in [-0.05, 0) is 51.7 Å². The van der Waals surface area contributed by atoms with Crippen molar-refractivity contribution in [2.75, 3.05) is 33.7 Å². The van der Waals surface area contributed by atoms with Gasteiger partial charge in [-0.15, -0.1) is 0 Å². The van der Waals surface area contributed by atoms with Gasteiger partial charge in [-0.25, -0.2) is 0 Å². The van der Waals surface area contributed by atoms with Gasteiger partial charge in [0.15, 0.2) is 0 Å². The van der Waals surface area contributed by atoms with Gasteiger partial charge in [0.05, 0.1) is 0 Å². The van der Waals surface area contributed by atoms with Gasteiger partial charge >= 0.3 is 0 Å². The lowest BCUT2D eigenvalue weighted by molar-refractivity contribution is -0.128. The summed E-state index contributed by atoms with van der Waals surface area (Å²) in [5.74, 6) is 0.921. The third kappa shape index (κ3) is 5.04. The van der Waals surface area contributed by atoms with Crippen LogP contribution in [0.15, 0.2) is 0 Å². The van der Waals surface area contributed by atoms with Gasteiger partial charge in [0, 0.05) is 26.6 Å². The van der Waals surface area contributed by atoms with Crippen molar-refractivity contribution in [2.24, 2.45) is 11.7 Å². The molecule has 1 saturated heterocycles. The first-order valence-electron chi connectivity index (χ1n) is 6.68. The van der Waals surface area contributed by atoms with Crippen LogP contribution in [-0.4, -0.2) is 55.5 Å². The predicted octanol–water partition coefficient (Wildman–Crippen LogP) is 0.914. The number of amides is 1. The molecule has 1 unspecified atom stereocenters. The van der Waals surface area contributed by atoms with Gasteiger partial charge in [0.25, 0.3) is 0 Å². The molecular weight excluding hydrogens is 214 g/mol. The molecule has 1 fully saturated rings. The van der Waals surface area contributed by atoms with Crippen molar-refractivity contribution in [2.45, 2.75) is 38.6 Å². The normalized spacial score (nSPS) is 20.2. The summed E-state index contributed by atoms with van der Waals surface area (Å²) in [7, 11) is 3.63. The highest BCUT2D eigenvalue weighted by molar-refractivity contribution is 5.75. The zero-order valence-electron chi connectivity index (χ0n) is 11.5. The minimum atomic E-state index is 0.232. The third-order valence-corrected chi connectivity index (χ3v) is 3.74. The summed E-state index contributed by atoms with van der Waals surface area (Å²) >= 11 is 0. The zero-order valence-corrected chi connectivity index (χ0v) is 11.5. The monoisotopic (exact) mass is 241 g/mol. The molecule has 1 rings (SSSR count). The van der Waals surface area contributed by atoms with Gasteiger partial charge in [0.1, 0.15) is 0 Å². The second-order valence-electron chi connectivity index (χ2n) is 5.43. The highest BCUT2D eigenvalue weighted by Gasteiger charge is 2.21. The van der Waals surface area contributed by atoms with E-state index >= 15 is 0 Å². The van der Waals surface area contributed by atoms with Crippen LogP contribution in [0.2, 0.25) is 0 Å². The highest BCUT2D eigenvalue weighted by Crippen LogP contribution is 2.19. The lowest BCUT2D eigenvalue weighted by atomic mass is 9.91. The Morgan fingerprint density at radius 2 is 2.00 bits per heavy atom. The molecule has 0 radical (unpaired) electrons. The van der Waals surface area contributed by atoms with Crippen molar-refractivity contribution in [3.63, 3.8) is 0 Å². The maximum atomic E-state index is 11.4. The van der Waals surface area contributed by atoms with Gasteiger partial charge in [-0.1, -0.05) is 0 Å². The molecule has 1 aliphatic rings. The molecule has 4 nitrogen and oxygen atoms in total. The Morgan fingerprint density at radius 3 is 2.47 bits per heavy atom. The number of carbonyl (C=O) groups excluding carboxylic acids is 1. The van der Waals surface area contributed by atoms with Crippen LogP contribution in [0.5, 0.6) is 0 Å². The van der Waals surface area contributed by atoms with Crippen LogP contribution >= 0.6 is 0 Å². The van der Waals surface area contributed by atoms with Crippen LogP contribution in [0.3, 0.4) is 0 Å².